The van der Waals surface area contributed by atoms with Crippen molar-refractivity contribution in [1.82, 2.24) is 5.32 Å². The lowest BCUT2D eigenvalue weighted by Crippen LogP contribution is -2.35. The molecule has 0 saturated carbocycles. The van der Waals surface area contributed by atoms with Crippen LogP contribution in [0.15, 0.2) is 42.5 Å². The highest BCUT2D eigenvalue weighted by atomic mass is 35.5. The molecule has 0 aliphatic carbocycles. The Labute approximate surface area is 182 Å². The minimum absolute atomic E-state index is 0. The van der Waals surface area contributed by atoms with Gasteiger partial charge in [-0.25, -0.2) is 0 Å². The van der Waals surface area contributed by atoms with E-state index < -0.39 is 0 Å². The van der Waals surface area contributed by atoms with Crippen molar-refractivity contribution in [3.8, 4) is 0 Å². The SMILES string of the molecule is Cl.O=C(Nc1ccc2c(c1)CCC(=O)N2Cc1ccc(Cl)cc1)C1CCNCC1. The van der Waals surface area contributed by atoms with Crippen LogP contribution in [0.2, 0.25) is 5.02 Å². The van der Waals surface area contributed by atoms with Crippen molar-refractivity contribution in [3.63, 3.8) is 0 Å². The van der Waals surface area contributed by atoms with Crippen LogP contribution in [0.25, 0.3) is 0 Å². The quantitative estimate of drug-likeness (QED) is 0.759. The number of aryl methyl sites for hydroxylation is 1. The largest absolute Gasteiger partial charge is 0.326 e. The lowest BCUT2D eigenvalue weighted by Gasteiger charge is -2.30. The summed E-state index contributed by atoms with van der Waals surface area (Å²) < 4.78 is 0. The van der Waals surface area contributed by atoms with E-state index >= 15 is 0 Å². The molecule has 2 heterocycles. The molecule has 2 N–H and O–H groups in total. The molecular formula is C22H25Cl2N3O2. The van der Waals surface area contributed by atoms with Gasteiger partial charge in [-0.05, 0) is 73.8 Å². The van der Waals surface area contributed by atoms with Gasteiger partial charge in [-0.3, -0.25) is 9.59 Å². The maximum absolute atomic E-state index is 12.5. The Morgan fingerprint density at radius 3 is 2.55 bits per heavy atom. The van der Waals surface area contributed by atoms with E-state index in [4.69, 9.17) is 11.6 Å². The summed E-state index contributed by atoms with van der Waals surface area (Å²) in [6.45, 7) is 2.30. The van der Waals surface area contributed by atoms with Crippen molar-refractivity contribution in [1.29, 1.82) is 0 Å². The van der Waals surface area contributed by atoms with Gasteiger partial charge in [0.25, 0.3) is 0 Å². The number of benzene rings is 2. The fourth-order valence-corrected chi connectivity index (χ4v) is 4.04. The van der Waals surface area contributed by atoms with Crippen molar-refractivity contribution in [2.24, 2.45) is 5.92 Å². The number of nitrogens with zero attached hydrogens (tertiary/aromatic N) is 1. The Balaban J connectivity index is 0.00000240. The molecule has 1 saturated heterocycles. The van der Waals surface area contributed by atoms with Gasteiger partial charge >= 0.3 is 0 Å². The van der Waals surface area contributed by atoms with Crippen LogP contribution in [0.4, 0.5) is 11.4 Å². The Morgan fingerprint density at radius 1 is 1.10 bits per heavy atom. The summed E-state index contributed by atoms with van der Waals surface area (Å²) in [7, 11) is 0. The van der Waals surface area contributed by atoms with Gasteiger partial charge in [0.15, 0.2) is 0 Å². The van der Waals surface area contributed by atoms with Gasteiger partial charge in [-0.2, -0.15) is 0 Å². The molecule has 4 rings (SSSR count). The monoisotopic (exact) mass is 433 g/mol. The lowest BCUT2D eigenvalue weighted by atomic mass is 9.96. The number of halogens is 2. The third-order valence-electron chi connectivity index (χ3n) is 5.51. The number of hydrogen-bond donors (Lipinski definition) is 2. The van der Waals surface area contributed by atoms with E-state index in [-0.39, 0.29) is 30.1 Å². The van der Waals surface area contributed by atoms with E-state index in [2.05, 4.69) is 10.6 Å². The number of amides is 2. The number of carbonyl (C=O) groups excluding carboxylic acids is 2. The molecule has 2 aliphatic rings. The second-order valence-electron chi connectivity index (χ2n) is 7.46. The predicted molar refractivity (Wildman–Crippen MR) is 119 cm³/mol. The molecule has 7 heteroatoms. The summed E-state index contributed by atoms with van der Waals surface area (Å²) in [5.74, 6) is 0.278. The highest BCUT2D eigenvalue weighted by molar-refractivity contribution is 6.30. The van der Waals surface area contributed by atoms with Crippen molar-refractivity contribution in [2.75, 3.05) is 23.3 Å². The molecule has 154 valence electrons. The summed E-state index contributed by atoms with van der Waals surface area (Å²) in [4.78, 5) is 26.8. The van der Waals surface area contributed by atoms with Gasteiger partial charge in [0.2, 0.25) is 11.8 Å². The molecule has 29 heavy (non-hydrogen) atoms. The first-order valence-corrected chi connectivity index (χ1v) is 10.2. The number of piperidine rings is 1. The smallest absolute Gasteiger partial charge is 0.227 e. The van der Waals surface area contributed by atoms with Crippen LogP contribution in [0, 0.1) is 5.92 Å². The number of hydrogen-bond acceptors (Lipinski definition) is 3. The van der Waals surface area contributed by atoms with Crippen LogP contribution in [-0.4, -0.2) is 24.9 Å². The molecule has 0 radical (unpaired) electrons. The standard InChI is InChI=1S/C22H24ClN3O2.ClH/c23-18-4-1-15(2-5-18)14-26-20-7-6-19(13-17(20)3-8-21(26)27)25-22(28)16-9-11-24-12-10-16;/h1-2,4-7,13,16,24H,3,8-12,14H2,(H,25,28);1H. The molecule has 5 nitrogen and oxygen atoms in total. The van der Waals surface area contributed by atoms with Crippen LogP contribution in [0.1, 0.15) is 30.4 Å². The fraction of sp³-hybridized carbons (Fsp3) is 0.364. The Hall–Kier alpha value is -2.08. The van der Waals surface area contributed by atoms with Crippen LogP contribution in [0.3, 0.4) is 0 Å². The Kier molecular flexibility index (Phi) is 7.17. The molecule has 1 fully saturated rings. The van der Waals surface area contributed by atoms with Crippen LogP contribution < -0.4 is 15.5 Å². The second-order valence-corrected chi connectivity index (χ2v) is 7.90. The molecule has 2 aromatic rings. The summed E-state index contributed by atoms with van der Waals surface area (Å²) >= 11 is 5.96. The van der Waals surface area contributed by atoms with Crippen molar-refractivity contribution < 1.29 is 9.59 Å². The normalized spacial score (nSPS) is 16.7. The number of carbonyl (C=O) groups is 2. The first-order valence-electron chi connectivity index (χ1n) is 9.79. The average Bonchev–Trinajstić information content (AvgIpc) is 2.72. The van der Waals surface area contributed by atoms with Crippen molar-refractivity contribution in [2.45, 2.75) is 32.2 Å². The maximum atomic E-state index is 12.5. The number of anilines is 2. The zero-order valence-electron chi connectivity index (χ0n) is 16.1. The molecule has 2 aliphatic heterocycles. The van der Waals surface area contributed by atoms with Gasteiger partial charge in [0.1, 0.15) is 0 Å². The molecule has 2 aromatic carbocycles. The Bertz CT molecular complexity index is 880. The first-order chi connectivity index (χ1) is 13.6. The maximum Gasteiger partial charge on any atom is 0.227 e. The first kappa shape index (κ1) is 21.6. The molecule has 0 spiro atoms. The zero-order valence-corrected chi connectivity index (χ0v) is 17.7. The highest BCUT2D eigenvalue weighted by Gasteiger charge is 2.25. The van der Waals surface area contributed by atoms with Crippen molar-refractivity contribution >= 4 is 47.2 Å². The lowest BCUT2D eigenvalue weighted by molar-refractivity contribution is -0.120. The Morgan fingerprint density at radius 2 is 1.83 bits per heavy atom. The summed E-state index contributed by atoms with van der Waals surface area (Å²) in [5, 5.41) is 7.02. The van der Waals surface area contributed by atoms with E-state index in [9.17, 15) is 9.59 Å². The second kappa shape index (κ2) is 9.61. The molecule has 2 amide bonds. The average molecular weight is 434 g/mol. The van der Waals surface area contributed by atoms with E-state index in [1.807, 2.05) is 47.4 Å². The molecular weight excluding hydrogens is 409 g/mol. The topological polar surface area (TPSA) is 61.4 Å². The van der Waals surface area contributed by atoms with Gasteiger partial charge in [0, 0.05) is 28.7 Å². The number of nitrogens with one attached hydrogen (secondary N) is 2. The van der Waals surface area contributed by atoms with E-state index in [1.54, 1.807) is 0 Å². The van der Waals surface area contributed by atoms with E-state index in [0.717, 1.165) is 48.4 Å². The third kappa shape index (κ3) is 5.10. The summed E-state index contributed by atoms with van der Waals surface area (Å²) in [5.41, 5.74) is 3.86. The van der Waals surface area contributed by atoms with Crippen LogP contribution in [0.5, 0.6) is 0 Å². The summed E-state index contributed by atoms with van der Waals surface area (Å²) in [6, 6.07) is 13.4. The van der Waals surface area contributed by atoms with Crippen LogP contribution in [-0.2, 0) is 22.6 Å². The van der Waals surface area contributed by atoms with Crippen molar-refractivity contribution in [3.05, 3.63) is 58.6 Å². The molecule has 0 bridgehead atoms. The van der Waals surface area contributed by atoms with E-state index in [1.165, 1.54) is 0 Å². The zero-order chi connectivity index (χ0) is 19.5. The number of fused-ring (bicyclic) bond motifs is 1. The third-order valence-corrected chi connectivity index (χ3v) is 5.76. The molecule has 0 unspecified atom stereocenters. The minimum Gasteiger partial charge on any atom is -0.326 e. The van der Waals surface area contributed by atoms with Gasteiger partial charge < -0.3 is 15.5 Å². The van der Waals surface area contributed by atoms with Gasteiger partial charge in [0.05, 0.1) is 6.54 Å². The summed E-state index contributed by atoms with van der Waals surface area (Å²) in [6.07, 6.45) is 2.93. The van der Waals surface area contributed by atoms with Gasteiger partial charge in [-0.1, -0.05) is 23.7 Å². The van der Waals surface area contributed by atoms with Crippen LogP contribution >= 0.6 is 24.0 Å². The predicted octanol–water partition coefficient (Wildman–Crippen LogP) is 4.18. The number of rotatable bonds is 4. The molecule has 0 aromatic heterocycles. The van der Waals surface area contributed by atoms with E-state index in [0.29, 0.717) is 24.4 Å². The highest BCUT2D eigenvalue weighted by Crippen LogP contribution is 2.32. The minimum atomic E-state index is 0. The fourth-order valence-electron chi connectivity index (χ4n) is 3.91. The van der Waals surface area contributed by atoms with Gasteiger partial charge in [-0.15, -0.1) is 12.4 Å². The molecule has 0 atom stereocenters.